The van der Waals surface area contributed by atoms with Gasteiger partial charge in [0.15, 0.2) is 0 Å². The average molecular weight is 147 g/mol. The highest BCUT2D eigenvalue weighted by Crippen LogP contribution is 2.11. The normalized spacial score (nSPS) is 10.1. The van der Waals surface area contributed by atoms with Crippen LogP contribution < -0.4 is 0 Å². The lowest BCUT2D eigenvalue weighted by Gasteiger charge is -2.04. The van der Waals surface area contributed by atoms with Crippen molar-refractivity contribution >= 4 is 0 Å². The van der Waals surface area contributed by atoms with Crippen LogP contribution in [-0.2, 0) is 6.42 Å². The predicted octanol–water partition coefficient (Wildman–Crippen LogP) is 3.07. The number of hydrogen-bond donors (Lipinski definition) is 0. The second kappa shape index (κ2) is 3.56. The van der Waals surface area contributed by atoms with Gasteiger partial charge in [0.1, 0.15) is 0 Å². The van der Waals surface area contributed by atoms with Crippen LogP contribution in [0.3, 0.4) is 0 Å². The molecule has 1 aromatic carbocycles. The zero-order chi connectivity index (χ0) is 8.27. The van der Waals surface area contributed by atoms with Crippen LogP contribution >= 0.6 is 0 Å². The van der Waals surface area contributed by atoms with E-state index in [1.165, 1.54) is 16.7 Å². The highest BCUT2D eigenvalue weighted by molar-refractivity contribution is 5.30. The summed E-state index contributed by atoms with van der Waals surface area (Å²) in [5.41, 5.74) is 4.18. The standard InChI is InChI=1S/C11H15/c1-4-5-11-8-9(2)6-7-10(11)3/h6-8H,1,4-5H2,2-3H3. The minimum absolute atomic E-state index is 0.990. The first kappa shape index (κ1) is 8.32. The van der Waals surface area contributed by atoms with Gasteiger partial charge in [0.05, 0.1) is 0 Å². The van der Waals surface area contributed by atoms with Gasteiger partial charge >= 0.3 is 0 Å². The molecule has 11 heavy (non-hydrogen) atoms. The van der Waals surface area contributed by atoms with Crippen molar-refractivity contribution in [3.63, 3.8) is 0 Å². The van der Waals surface area contributed by atoms with Crippen molar-refractivity contribution in [2.75, 3.05) is 0 Å². The highest BCUT2D eigenvalue weighted by atomic mass is 14.0. The molecule has 0 heteroatoms. The molecule has 59 valence electrons. The molecule has 0 aliphatic rings. The lowest BCUT2D eigenvalue weighted by molar-refractivity contribution is 0.982. The zero-order valence-corrected chi connectivity index (χ0v) is 7.35. The number of aryl methyl sites for hydroxylation is 3. The molecule has 1 rings (SSSR count). The molecule has 0 spiro atoms. The van der Waals surface area contributed by atoms with Crippen LogP contribution in [0.25, 0.3) is 0 Å². The van der Waals surface area contributed by atoms with E-state index in [1.807, 2.05) is 0 Å². The summed E-state index contributed by atoms with van der Waals surface area (Å²) in [6.07, 6.45) is 2.10. The molecular formula is C11H15. The van der Waals surface area contributed by atoms with Crippen LogP contribution in [-0.4, -0.2) is 0 Å². The lowest BCUT2D eigenvalue weighted by atomic mass is 10.0. The van der Waals surface area contributed by atoms with E-state index in [-0.39, 0.29) is 0 Å². The monoisotopic (exact) mass is 147 g/mol. The van der Waals surface area contributed by atoms with Gasteiger partial charge in [-0.15, -0.1) is 0 Å². The van der Waals surface area contributed by atoms with Gasteiger partial charge in [-0.3, -0.25) is 0 Å². The van der Waals surface area contributed by atoms with Gasteiger partial charge < -0.3 is 0 Å². The lowest BCUT2D eigenvalue weighted by Crippen LogP contribution is -1.88. The van der Waals surface area contributed by atoms with Gasteiger partial charge in [-0.05, 0) is 37.8 Å². The number of benzene rings is 1. The van der Waals surface area contributed by atoms with Gasteiger partial charge in [-0.1, -0.05) is 30.7 Å². The van der Waals surface area contributed by atoms with Crippen molar-refractivity contribution in [1.29, 1.82) is 0 Å². The molecule has 0 atom stereocenters. The minimum Gasteiger partial charge on any atom is -0.0590 e. The molecule has 0 unspecified atom stereocenters. The molecule has 0 saturated carbocycles. The topological polar surface area (TPSA) is 0 Å². The van der Waals surface area contributed by atoms with Crippen LogP contribution in [0.5, 0.6) is 0 Å². The van der Waals surface area contributed by atoms with Gasteiger partial charge in [-0.2, -0.15) is 0 Å². The SMILES string of the molecule is [CH2]CCc1cc(C)ccc1C. The second-order valence-electron chi connectivity index (χ2n) is 3.03. The van der Waals surface area contributed by atoms with Gasteiger partial charge in [0, 0.05) is 0 Å². The molecule has 1 radical (unpaired) electrons. The third kappa shape index (κ3) is 2.07. The molecule has 1 aromatic rings. The van der Waals surface area contributed by atoms with E-state index in [4.69, 9.17) is 0 Å². The molecule has 0 nitrogen and oxygen atoms in total. The van der Waals surface area contributed by atoms with Crippen molar-refractivity contribution in [2.45, 2.75) is 26.7 Å². The molecule has 0 amide bonds. The molecule has 0 fully saturated rings. The van der Waals surface area contributed by atoms with E-state index >= 15 is 0 Å². The summed E-state index contributed by atoms with van der Waals surface area (Å²) in [4.78, 5) is 0. The average Bonchev–Trinajstić information content (AvgIpc) is 1.98. The zero-order valence-electron chi connectivity index (χ0n) is 7.35. The van der Waals surface area contributed by atoms with Crippen molar-refractivity contribution in [1.82, 2.24) is 0 Å². The Balaban J connectivity index is 2.93. The van der Waals surface area contributed by atoms with E-state index in [0.29, 0.717) is 0 Å². The molecule has 0 aliphatic carbocycles. The Hall–Kier alpha value is -0.780. The van der Waals surface area contributed by atoms with E-state index in [0.717, 1.165) is 12.8 Å². The second-order valence-corrected chi connectivity index (χ2v) is 3.03. The smallest absolute Gasteiger partial charge is 0.0276 e. The van der Waals surface area contributed by atoms with E-state index < -0.39 is 0 Å². The van der Waals surface area contributed by atoms with E-state index in [9.17, 15) is 0 Å². The first-order valence-electron chi connectivity index (χ1n) is 4.09. The Morgan fingerprint density at radius 3 is 2.64 bits per heavy atom. The third-order valence-corrected chi connectivity index (χ3v) is 1.95. The molecule has 0 bridgehead atoms. The first-order chi connectivity index (χ1) is 5.24. The molecule has 0 saturated heterocycles. The maximum Gasteiger partial charge on any atom is -0.0276 e. The summed E-state index contributed by atoms with van der Waals surface area (Å²) >= 11 is 0. The van der Waals surface area contributed by atoms with Crippen molar-refractivity contribution in [3.05, 3.63) is 41.8 Å². The minimum atomic E-state index is 0.990. The van der Waals surface area contributed by atoms with E-state index in [1.54, 1.807) is 0 Å². The maximum atomic E-state index is 3.85. The fourth-order valence-corrected chi connectivity index (χ4v) is 1.26. The fraction of sp³-hybridized carbons (Fsp3) is 0.364. The van der Waals surface area contributed by atoms with Crippen LogP contribution in [0, 0.1) is 20.8 Å². The summed E-state index contributed by atoms with van der Waals surface area (Å²) in [7, 11) is 0. The van der Waals surface area contributed by atoms with Crippen molar-refractivity contribution in [3.8, 4) is 0 Å². The summed E-state index contributed by atoms with van der Waals surface area (Å²) in [5, 5.41) is 0. The number of rotatable bonds is 2. The Morgan fingerprint density at radius 1 is 1.27 bits per heavy atom. The molecule has 0 heterocycles. The molecule has 0 aliphatic heterocycles. The van der Waals surface area contributed by atoms with Crippen LogP contribution in [0.15, 0.2) is 18.2 Å². The summed E-state index contributed by atoms with van der Waals surface area (Å²) in [6.45, 7) is 8.14. The summed E-state index contributed by atoms with van der Waals surface area (Å²) in [6, 6.07) is 6.59. The first-order valence-corrected chi connectivity index (χ1v) is 4.09. The van der Waals surface area contributed by atoms with Gasteiger partial charge in [0.2, 0.25) is 0 Å². The Morgan fingerprint density at radius 2 is 2.00 bits per heavy atom. The Labute approximate surface area is 69.3 Å². The Kier molecular flexibility index (Phi) is 2.70. The maximum absolute atomic E-state index is 3.85. The van der Waals surface area contributed by atoms with Crippen LogP contribution in [0.4, 0.5) is 0 Å². The number of hydrogen-bond acceptors (Lipinski definition) is 0. The quantitative estimate of drug-likeness (QED) is 0.603. The van der Waals surface area contributed by atoms with Gasteiger partial charge in [0.25, 0.3) is 0 Å². The van der Waals surface area contributed by atoms with Crippen LogP contribution in [0.1, 0.15) is 23.1 Å². The molecule has 0 aromatic heterocycles. The molecular weight excluding hydrogens is 132 g/mol. The van der Waals surface area contributed by atoms with Gasteiger partial charge in [-0.25, -0.2) is 0 Å². The van der Waals surface area contributed by atoms with Crippen LogP contribution in [0.2, 0.25) is 0 Å². The summed E-state index contributed by atoms with van der Waals surface area (Å²) in [5.74, 6) is 0. The van der Waals surface area contributed by atoms with E-state index in [2.05, 4.69) is 39.0 Å². The third-order valence-electron chi connectivity index (χ3n) is 1.95. The Bertz CT molecular complexity index is 236. The van der Waals surface area contributed by atoms with Crippen molar-refractivity contribution < 1.29 is 0 Å². The highest BCUT2D eigenvalue weighted by Gasteiger charge is 1.95. The molecule has 0 N–H and O–H groups in total. The van der Waals surface area contributed by atoms with Crippen molar-refractivity contribution in [2.24, 2.45) is 0 Å². The summed E-state index contributed by atoms with van der Waals surface area (Å²) < 4.78 is 0. The predicted molar refractivity (Wildman–Crippen MR) is 49.6 cm³/mol. The fourth-order valence-electron chi connectivity index (χ4n) is 1.26. The largest absolute Gasteiger partial charge is 0.0590 e.